The number of morpholine rings is 1. The van der Waals surface area contributed by atoms with Crippen LogP contribution in [0.5, 0.6) is 0 Å². The lowest BCUT2D eigenvalue weighted by Crippen LogP contribution is -2.45. The smallest absolute Gasteiger partial charge is 0.253 e. The SMILES string of the molecule is COCCO[C@@H]1C[C@H](C(=O)Nc2ccc(N3CCOCC3=O)cc2C)N(C(=S)Nc2ccc(Cl)cc2)C1. The fraction of sp³-hybridized carbons (Fsp3) is 0.423. The van der Waals surface area contributed by atoms with Gasteiger partial charge in [0.2, 0.25) is 5.91 Å². The average Bonchev–Trinajstić information content (AvgIpc) is 3.32. The zero-order chi connectivity index (χ0) is 26.4. The number of benzene rings is 2. The van der Waals surface area contributed by atoms with E-state index in [4.69, 9.17) is 38.0 Å². The second-order valence-electron chi connectivity index (χ2n) is 8.91. The van der Waals surface area contributed by atoms with Gasteiger partial charge in [0.25, 0.3) is 5.91 Å². The minimum atomic E-state index is -0.528. The van der Waals surface area contributed by atoms with Gasteiger partial charge < -0.3 is 34.6 Å². The van der Waals surface area contributed by atoms with Gasteiger partial charge in [0.05, 0.1) is 25.9 Å². The van der Waals surface area contributed by atoms with Crippen molar-refractivity contribution in [2.45, 2.75) is 25.5 Å². The number of carbonyl (C=O) groups excluding carboxylic acids is 2. The van der Waals surface area contributed by atoms with Gasteiger partial charge in [0.15, 0.2) is 5.11 Å². The van der Waals surface area contributed by atoms with Gasteiger partial charge in [0.1, 0.15) is 12.6 Å². The maximum absolute atomic E-state index is 13.5. The molecule has 0 spiro atoms. The average molecular weight is 547 g/mol. The fourth-order valence-electron chi connectivity index (χ4n) is 4.38. The molecule has 0 radical (unpaired) electrons. The van der Waals surface area contributed by atoms with Gasteiger partial charge in [-0.25, -0.2) is 0 Å². The molecule has 2 aliphatic rings. The van der Waals surface area contributed by atoms with Crippen LogP contribution in [0, 0.1) is 6.92 Å². The van der Waals surface area contributed by atoms with Gasteiger partial charge in [-0.05, 0) is 67.2 Å². The van der Waals surface area contributed by atoms with Gasteiger partial charge in [-0.15, -0.1) is 0 Å². The number of nitrogens with one attached hydrogen (secondary N) is 2. The van der Waals surface area contributed by atoms with E-state index in [0.717, 1.165) is 16.9 Å². The van der Waals surface area contributed by atoms with E-state index < -0.39 is 6.04 Å². The first-order chi connectivity index (χ1) is 17.9. The lowest BCUT2D eigenvalue weighted by Gasteiger charge is -2.28. The van der Waals surface area contributed by atoms with Crippen LogP contribution in [0.15, 0.2) is 42.5 Å². The Morgan fingerprint density at radius 1 is 1.19 bits per heavy atom. The summed E-state index contributed by atoms with van der Waals surface area (Å²) < 4.78 is 16.2. The van der Waals surface area contributed by atoms with Crippen molar-refractivity contribution in [1.82, 2.24) is 4.90 Å². The quantitative estimate of drug-likeness (QED) is 0.384. The van der Waals surface area contributed by atoms with Crippen LogP contribution >= 0.6 is 23.8 Å². The van der Waals surface area contributed by atoms with E-state index in [-0.39, 0.29) is 24.5 Å². The molecule has 2 atom stereocenters. The van der Waals surface area contributed by atoms with Crippen LogP contribution in [-0.2, 0) is 23.8 Å². The number of thiocarbonyl (C=S) groups is 1. The zero-order valence-corrected chi connectivity index (χ0v) is 22.4. The van der Waals surface area contributed by atoms with Gasteiger partial charge in [0, 0.05) is 48.7 Å². The lowest BCUT2D eigenvalue weighted by molar-refractivity contribution is -0.125. The van der Waals surface area contributed by atoms with Crippen LogP contribution in [0.4, 0.5) is 17.1 Å². The highest BCUT2D eigenvalue weighted by Crippen LogP contribution is 2.27. The molecule has 0 aromatic heterocycles. The molecule has 0 saturated carbocycles. The first-order valence-electron chi connectivity index (χ1n) is 12.1. The molecule has 2 aromatic carbocycles. The van der Waals surface area contributed by atoms with E-state index in [1.165, 1.54) is 0 Å². The molecule has 2 aliphatic heterocycles. The van der Waals surface area contributed by atoms with E-state index in [2.05, 4.69) is 10.6 Å². The topological polar surface area (TPSA) is 92.4 Å². The molecule has 2 heterocycles. The molecule has 2 aromatic rings. The number of hydrogen-bond donors (Lipinski definition) is 2. The first-order valence-corrected chi connectivity index (χ1v) is 12.9. The summed E-state index contributed by atoms with van der Waals surface area (Å²) in [4.78, 5) is 29.2. The molecule has 2 saturated heterocycles. The Hall–Kier alpha value is -2.76. The van der Waals surface area contributed by atoms with Crippen LogP contribution in [-0.4, -0.2) is 80.6 Å². The Morgan fingerprint density at radius 2 is 1.97 bits per heavy atom. The summed E-state index contributed by atoms with van der Waals surface area (Å²) >= 11 is 11.7. The van der Waals surface area contributed by atoms with E-state index in [0.29, 0.717) is 55.2 Å². The number of methoxy groups -OCH3 is 1. The Balaban J connectivity index is 1.46. The molecule has 37 heavy (non-hydrogen) atoms. The highest BCUT2D eigenvalue weighted by atomic mass is 35.5. The molecule has 2 amide bonds. The third-order valence-electron chi connectivity index (χ3n) is 6.33. The number of anilines is 3. The minimum Gasteiger partial charge on any atom is -0.382 e. The molecule has 11 heteroatoms. The molecule has 9 nitrogen and oxygen atoms in total. The van der Waals surface area contributed by atoms with Crippen LogP contribution in [0.3, 0.4) is 0 Å². The Labute approximate surface area is 227 Å². The maximum atomic E-state index is 13.5. The molecule has 0 unspecified atom stereocenters. The van der Waals surface area contributed by atoms with Crippen molar-refractivity contribution >= 4 is 57.8 Å². The van der Waals surface area contributed by atoms with Gasteiger partial charge >= 0.3 is 0 Å². The van der Waals surface area contributed by atoms with Crippen LogP contribution in [0.2, 0.25) is 5.02 Å². The molecular weight excluding hydrogens is 516 g/mol. The third kappa shape index (κ3) is 6.97. The van der Waals surface area contributed by atoms with Crippen LogP contribution in [0.25, 0.3) is 0 Å². The number of carbonyl (C=O) groups is 2. The zero-order valence-electron chi connectivity index (χ0n) is 20.9. The number of hydrogen-bond acceptors (Lipinski definition) is 6. The van der Waals surface area contributed by atoms with Gasteiger partial charge in [-0.3, -0.25) is 9.59 Å². The number of likely N-dealkylation sites (tertiary alicyclic amines) is 1. The van der Waals surface area contributed by atoms with Crippen molar-refractivity contribution in [2.75, 3.05) is 62.2 Å². The van der Waals surface area contributed by atoms with E-state index in [1.807, 2.05) is 42.2 Å². The predicted molar refractivity (Wildman–Crippen MR) is 147 cm³/mol. The Bertz CT molecular complexity index is 1130. The minimum absolute atomic E-state index is 0.0760. The van der Waals surface area contributed by atoms with Crippen molar-refractivity contribution in [3.8, 4) is 0 Å². The first kappa shape index (κ1) is 27.3. The summed E-state index contributed by atoms with van der Waals surface area (Å²) in [5.41, 5.74) is 3.09. The van der Waals surface area contributed by atoms with E-state index in [1.54, 1.807) is 24.1 Å². The van der Waals surface area contributed by atoms with Crippen molar-refractivity contribution < 1.29 is 23.8 Å². The van der Waals surface area contributed by atoms with Crippen molar-refractivity contribution in [3.05, 3.63) is 53.1 Å². The fourth-order valence-corrected chi connectivity index (χ4v) is 4.83. The third-order valence-corrected chi connectivity index (χ3v) is 6.92. The highest BCUT2D eigenvalue weighted by molar-refractivity contribution is 7.80. The van der Waals surface area contributed by atoms with Crippen LogP contribution in [0.1, 0.15) is 12.0 Å². The van der Waals surface area contributed by atoms with Gasteiger partial charge in [-0.1, -0.05) is 11.6 Å². The van der Waals surface area contributed by atoms with E-state index in [9.17, 15) is 9.59 Å². The summed E-state index contributed by atoms with van der Waals surface area (Å²) in [6, 6.07) is 12.2. The predicted octanol–water partition coefficient (Wildman–Crippen LogP) is 3.45. The van der Waals surface area contributed by atoms with Crippen LogP contribution < -0.4 is 15.5 Å². The molecule has 0 aliphatic carbocycles. The maximum Gasteiger partial charge on any atom is 0.253 e. The monoisotopic (exact) mass is 546 g/mol. The summed E-state index contributed by atoms with van der Waals surface area (Å²) in [5, 5.41) is 7.30. The summed E-state index contributed by atoms with van der Waals surface area (Å²) in [5.74, 6) is -0.262. The number of amides is 2. The molecule has 4 rings (SSSR count). The summed E-state index contributed by atoms with van der Waals surface area (Å²) in [6.07, 6.45) is 0.309. The largest absolute Gasteiger partial charge is 0.382 e. The Morgan fingerprint density at radius 3 is 2.68 bits per heavy atom. The number of aryl methyl sites for hydroxylation is 1. The number of nitrogens with zero attached hydrogens (tertiary/aromatic N) is 2. The summed E-state index contributed by atoms with van der Waals surface area (Å²) in [7, 11) is 1.62. The molecular formula is C26H31ClN4O5S. The second-order valence-corrected chi connectivity index (χ2v) is 9.74. The standard InChI is InChI=1S/C26H31ClN4O5S/c1-17-13-20(30-9-10-35-16-24(30)32)7-8-22(17)29-25(33)23-14-21(36-12-11-34-2)15-31(23)26(37)28-19-5-3-18(27)4-6-19/h3-8,13,21,23H,9-12,14-16H2,1-2H3,(H,28,37)(H,29,33)/t21-,23-/m1/s1. The highest BCUT2D eigenvalue weighted by Gasteiger charge is 2.39. The van der Waals surface area contributed by atoms with Gasteiger partial charge in [-0.2, -0.15) is 0 Å². The van der Waals surface area contributed by atoms with Crippen molar-refractivity contribution in [3.63, 3.8) is 0 Å². The second kappa shape index (κ2) is 12.7. The van der Waals surface area contributed by atoms with Crippen molar-refractivity contribution in [2.24, 2.45) is 0 Å². The molecule has 198 valence electrons. The molecule has 0 bridgehead atoms. The number of rotatable bonds is 8. The molecule has 2 fully saturated rings. The van der Waals surface area contributed by atoms with E-state index >= 15 is 0 Å². The number of ether oxygens (including phenoxy) is 3. The van der Waals surface area contributed by atoms with Crippen molar-refractivity contribution in [1.29, 1.82) is 0 Å². The summed E-state index contributed by atoms with van der Waals surface area (Å²) in [6.45, 7) is 4.35. The molecule has 2 N–H and O–H groups in total. The Kier molecular flexibility index (Phi) is 9.33. The normalized spacial score (nSPS) is 19.7. The number of halogens is 1. The lowest BCUT2D eigenvalue weighted by atomic mass is 10.1.